The molecule has 0 bridgehead atoms. The van der Waals surface area contributed by atoms with Gasteiger partial charge in [-0.2, -0.15) is 0 Å². The van der Waals surface area contributed by atoms with Gasteiger partial charge in [0.15, 0.2) is 0 Å². The standard InChI is InChI=1S/C30H38N2O2S.ClH/c1-24-14-15-28(22-25(24)2)29(23-31(3)35(33,34)30-12-8-5-9-13-30)18-21-32-19-16-27(17-20-32)26-10-6-4-7-11-26;/h4-15,22,27,29H,16-21,23H2,1-3H3;1H. The summed E-state index contributed by atoms with van der Waals surface area (Å²) >= 11 is 0. The lowest BCUT2D eigenvalue weighted by Crippen LogP contribution is -2.36. The number of benzene rings is 3. The van der Waals surface area contributed by atoms with E-state index in [4.69, 9.17) is 0 Å². The monoisotopic (exact) mass is 526 g/mol. The Morgan fingerprint density at radius 1 is 0.889 bits per heavy atom. The van der Waals surface area contributed by atoms with Crippen molar-refractivity contribution >= 4 is 22.4 Å². The van der Waals surface area contributed by atoms with Crippen molar-refractivity contribution in [2.75, 3.05) is 33.2 Å². The number of likely N-dealkylation sites (N-methyl/N-ethyl adjacent to an activating group) is 1. The molecular formula is C30H39ClN2O2S. The molecule has 0 N–H and O–H groups in total. The Kier molecular flexibility index (Phi) is 10.1. The molecule has 0 amide bonds. The van der Waals surface area contributed by atoms with Crippen LogP contribution in [0, 0.1) is 13.8 Å². The minimum Gasteiger partial charge on any atom is -0.303 e. The smallest absolute Gasteiger partial charge is 0.242 e. The predicted molar refractivity (Wildman–Crippen MR) is 152 cm³/mol. The van der Waals surface area contributed by atoms with Crippen LogP contribution < -0.4 is 0 Å². The van der Waals surface area contributed by atoms with Crippen molar-refractivity contribution in [3.8, 4) is 0 Å². The molecule has 1 aliphatic rings. The summed E-state index contributed by atoms with van der Waals surface area (Å²) in [4.78, 5) is 2.91. The zero-order valence-electron chi connectivity index (χ0n) is 21.6. The van der Waals surface area contributed by atoms with E-state index in [9.17, 15) is 8.42 Å². The third-order valence-electron chi connectivity index (χ3n) is 7.58. The van der Waals surface area contributed by atoms with Crippen LogP contribution in [0.3, 0.4) is 0 Å². The van der Waals surface area contributed by atoms with Crippen molar-refractivity contribution in [2.24, 2.45) is 0 Å². The van der Waals surface area contributed by atoms with Gasteiger partial charge in [-0.15, -0.1) is 12.4 Å². The van der Waals surface area contributed by atoms with Gasteiger partial charge in [-0.3, -0.25) is 0 Å². The first-order valence-electron chi connectivity index (χ1n) is 12.7. The third kappa shape index (κ3) is 6.98. The van der Waals surface area contributed by atoms with E-state index < -0.39 is 10.0 Å². The van der Waals surface area contributed by atoms with Gasteiger partial charge in [0.2, 0.25) is 10.0 Å². The van der Waals surface area contributed by atoms with Crippen molar-refractivity contribution in [3.63, 3.8) is 0 Å². The molecule has 3 aromatic carbocycles. The van der Waals surface area contributed by atoms with E-state index in [-0.39, 0.29) is 18.3 Å². The fourth-order valence-corrected chi connectivity index (χ4v) is 6.35. The number of hydrogen-bond donors (Lipinski definition) is 0. The first kappa shape index (κ1) is 28.4. The zero-order valence-corrected chi connectivity index (χ0v) is 23.3. The van der Waals surface area contributed by atoms with Gasteiger partial charge in [0.1, 0.15) is 0 Å². The minimum atomic E-state index is -3.52. The lowest BCUT2D eigenvalue weighted by Gasteiger charge is -2.33. The first-order chi connectivity index (χ1) is 16.8. The Balaban J connectivity index is 0.00000361. The van der Waals surface area contributed by atoms with Crippen molar-refractivity contribution < 1.29 is 8.42 Å². The van der Waals surface area contributed by atoms with Gasteiger partial charge in [-0.25, -0.2) is 12.7 Å². The molecule has 1 saturated heterocycles. The van der Waals surface area contributed by atoms with Crippen LogP contribution in [0.5, 0.6) is 0 Å². The number of nitrogens with zero attached hydrogens (tertiary/aromatic N) is 2. The maximum atomic E-state index is 13.2. The quantitative estimate of drug-likeness (QED) is 0.324. The zero-order chi connectivity index (χ0) is 24.8. The van der Waals surface area contributed by atoms with Crippen molar-refractivity contribution in [2.45, 2.75) is 49.8 Å². The van der Waals surface area contributed by atoms with Gasteiger partial charge < -0.3 is 4.90 Å². The normalized spacial score (nSPS) is 16.0. The molecule has 6 heteroatoms. The molecule has 1 atom stereocenters. The third-order valence-corrected chi connectivity index (χ3v) is 9.42. The highest BCUT2D eigenvalue weighted by Gasteiger charge is 2.26. The van der Waals surface area contributed by atoms with Crippen LogP contribution in [0.2, 0.25) is 0 Å². The number of likely N-dealkylation sites (tertiary alicyclic amines) is 1. The largest absolute Gasteiger partial charge is 0.303 e. The van der Waals surface area contributed by atoms with Crippen molar-refractivity contribution in [3.05, 3.63) is 101 Å². The summed E-state index contributed by atoms with van der Waals surface area (Å²) in [7, 11) is -1.81. The van der Waals surface area contributed by atoms with Crippen molar-refractivity contribution in [1.82, 2.24) is 9.21 Å². The molecule has 1 aliphatic heterocycles. The molecule has 4 rings (SSSR count). The van der Waals surface area contributed by atoms with Gasteiger partial charge in [-0.05, 0) is 99.0 Å². The molecule has 4 nitrogen and oxygen atoms in total. The SMILES string of the molecule is Cc1ccc(C(CCN2CCC(c3ccccc3)CC2)CN(C)S(=O)(=O)c2ccccc2)cc1C.Cl. The summed E-state index contributed by atoms with van der Waals surface area (Å²) in [5.41, 5.74) is 5.20. The van der Waals surface area contributed by atoms with Crippen LogP contribution in [-0.4, -0.2) is 50.8 Å². The van der Waals surface area contributed by atoms with Gasteiger partial charge in [0.25, 0.3) is 0 Å². The molecular weight excluding hydrogens is 488 g/mol. The van der Waals surface area contributed by atoms with E-state index in [1.54, 1.807) is 31.3 Å². The molecule has 1 heterocycles. The second-order valence-electron chi connectivity index (χ2n) is 9.95. The Labute approximate surface area is 223 Å². The van der Waals surface area contributed by atoms with Gasteiger partial charge in [-0.1, -0.05) is 66.7 Å². The molecule has 0 aromatic heterocycles. The lowest BCUT2D eigenvalue weighted by atomic mass is 9.88. The van der Waals surface area contributed by atoms with Crippen LogP contribution in [0.15, 0.2) is 83.8 Å². The number of sulfonamides is 1. The second kappa shape index (κ2) is 12.9. The highest BCUT2D eigenvalue weighted by molar-refractivity contribution is 7.89. The fraction of sp³-hybridized carbons (Fsp3) is 0.400. The van der Waals surface area contributed by atoms with Crippen LogP contribution in [-0.2, 0) is 10.0 Å². The van der Waals surface area contributed by atoms with Crippen LogP contribution in [0.4, 0.5) is 0 Å². The predicted octanol–water partition coefficient (Wildman–Crippen LogP) is 6.40. The Morgan fingerprint density at radius 3 is 2.11 bits per heavy atom. The topological polar surface area (TPSA) is 40.6 Å². The maximum Gasteiger partial charge on any atom is 0.242 e. The highest BCUT2D eigenvalue weighted by Crippen LogP contribution is 2.30. The average Bonchev–Trinajstić information content (AvgIpc) is 2.89. The Morgan fingerprint density at radius 2 is 1.50 bits per heavy atom. The molecule has 36 heavy (non-hydrogen) atoms. The molecule has 3 aromatic rings. The molecule has 0 aliphatic carbocycles. The molecule has 0 spiro atoms. The van der Waals surface area contributed by atoms with Crippen LogP contribution in [0.1, 0.15) is 53.4 Å². The number of hydrogen-bond acceptors (Lipinski definition) is 3. The Hall–Kier alpha value is -2.18. The molecule has 1 fully saturated rings. The summed E-state index contributed by atoms with van der Waals surface area (Å²) in [5.74, 6) is 0.787. The van der Waals surface area contributed by atoms with E-state index in [2.05, 4.69) is 67.3 Å². The average molecular weight is 527 g/mol. The second-order valence-corrected chi connectivity index (χ2v) is 12.0. The van der Waals surface area contributed by atoms with Crippen LogP contribution in [0.25, 0.3) is 0 Å². The van der Waals surface area contributed by atoms with Gasteiger partial charge in [0, 0.05) is 13.6 Å². The summed E-state index contributed by atoms with van der Waals surface area (Å²) in [6.07, 6.45) is 3.30. The van der Waals surface area contributed by atoms with E-state index in [0.29, 0.717) is 17.4 Å². The van der Waals surface area contributed by atoms with E-state index >= 15 is 0 Å². The van der Waals surface area contributed by atoms with Gasteiger partial charge in [0.05, 0.1) is 4.90 Å². The van der Waals surface area contributed by atoms with E-state index in [0.717, 1.165) is 26.1 Å². The highest BCUT2D eigenvalue weighted by atomic mass is 35.5. The van der Waals surface area contributed by atoms with E-state index in [1.807, 2.05) is 6.07 Å². The fourth-order valence-electron chi connectivity index (χ4n) is 5.12. The number of aryl methyl sites for hydroxylation is 2. The molecule has 0 saturated carbocycles. The van der Waals surface area contributed by atoms with Gasteiger partial charge >= 0.3 is 0 Å². The van der Waals surface area contributed by atoms with Crippen LogP contribution >= 0.6 is 12.4 Å². The molecule has 194 valence electrons. The number of piperidine rings is 1. The van der Waals surface area contributed by atoms with Crippen molar-refractivity contribution in [1.29, 1.82) is 0 Å². The number of halogens is 1. The lowest BCUT2D eigenvalue weighted by molar-refractivity contribution is 0.203. The van der Waals surface area contributed by atoms with E-state index in [1.165, 1.54) is 39.4 Å². The molecule has 1 unspecified atom stereocenters. The Bertz CT molecular complexity index is 1190. The maximum absolute atomic E-state index is 13.2. The molecule has 0 radical (unpaired) electrons. The number of rotatable bonds is 9. The minimum absolute atomic E-state index is 0. The first-order valence-corrected chi connectivity index (χ1v) is 14.1. The summed E-state index contributed by atoms with van der Waals surface area (Å²) in [6, 6.07) is 26.2. The summed E-state index contributed by atoms with van der Waals surface area (Å²) in [5, 5.41) is 0. The summed E-state index contributed by atoms with van der Waals surface area (Å²) in [6.45, 7) is 7.90. The summed E-state index contributed by atoms with van der Waals surface area (Å²) < 4.78 is 28.0.